The first-order chi connectivity index (χ1) is 9.75. The second-order valence-electron chi connectivity index (χ2n) is 6.34. The highest BCUT2D eigenvalue weighted by Crippen LogP contribution is 2.36. The van der Waals surface area contributed by atoms with E-state index in [-0.39, 0.29) is 24.4 Å². The highest BCUT2D eigenvalue weighted by Gasteiger charge is 2.49. The van der Waals surface area contributed by atoms with E-state index in [2.05, 4.69) is 4.98 Å². The molecule has 1 aliphatic heterocycles. The summed E-state index contributed by atoms with van der Waals surface area (Å²) in [6, 6.07) is 3.68. The molecule has 0 bridgehead atoms. The molecule has 1 atom stereocenters. The van der Waals surface area contributed by atoms with Crippen molar-refractivity contribution in [3.05, 3.63) is 35.6 Å². The zero-order valence-electron chi connectivity index (χ0n) is 13.2. The molecule has 1 aliphatic rings. The lowest BCUT2D eigenvalue weighted by atomic mass is 9.89. The average molecular weight is 289 g/mol. The molecule has 1 saturated heterocycles. The zero-order valence-corrected chi connectivity index (χ0v) is 13.2. The molecule has 0 aromatic carbocycles. The van der Waals surface area contributed by atoms with Gasteiger partial charge in [-0.25, -0.2) is 0 Å². The summed E-state index contributed by atoms with van der Waals surface area (Å²) >= 11 is 0. The molecule has 6 heteroatoms. The lowest BCUT2D eigenvalue weighted by Gasteiger charge is -2.32. The van der Waals surface area contributed by atoms with Crippen LogP contribution >= 0.6 is 0 Å². The van der Waals surface area contributed by atoms with E-state index in [1.165, 1.54) is 0 Å². The summed E-state index contributed by atoms with van der Waals surface area (Å²) in [7, 11) is -0.359. The minimum Gasteiger partial charge on any atom is -0.400 e. The van der Waals surface area contributed by atoms with Gasteiger partial charge in [0, 0.05) is 18.8 Å². The Labute approximate surface area is 126 Å². The summed E-state index contributed by atoms with van der Waals surface area (Å²) in [6.45, 7) is 8.53. The van der Waals surface area contributed by atoms with E-state index >= 15 is 0 Å². The van der Waals surface area contributed by atoms with Crippen molar-refractivity contribution in [1.82, 2.24) is 4.98 Å². The van der Waals surface area contributed by atoms with Crippen LogP contribution < -0.4 is 11.5 Å². The first-order valence-corrected chi connectivity index (χ1v) is 7.20. The molecule has 0 aliphatic carbocycles. The van der Waals surface area contributed by atoms with Gasteiger partial charge >= 0.3 is 7.12 Å². The lowest BCUT2D eigenvalue weighted by molar-refractivity contribution is 0.00578. The number of hydrogen-bond donors (Lipinski definition) is 2. The van der Waals surface area contributed by atoms with Crippen LogP contribution in [0, 0.1) is 0 Å². The van der Waals surface area contributed by atoms with Gasteiger partial charge in [-0.05, 0) is 45.4 Å². The molecule has 114 valence electrons. The van der Waals surface area contributed by atoms with Crippen LogP contribution in [-0.4, -0.2) is 29.8 Å². The van der Waals surface area contributed by atoms with Crippen LogP contribution in [0.25, 0.3) is 6.08 Å². The van der Waals surface area contributed by atoms with E-state index in [1.54, 1.807) is 6.20 Å². The van der Waals surface area contributed by atoms with Crippen molar-refractivity contribution in [1.29, 1.82) is 0 Å². The normalized spacial score (nSPS) is 21.9. The Hall–Kier alpha value is -1.21. The summed E-state index contributed by atoms with van der Waals surface area (Å²) in [6.07, 6.45) is 3.64. The number of nitrogens with two attached hydrogens (primary N) is 2. The van der Waals surface area contributed by atoms with Gasteiger partial charge in [-0.3, -0.25) is 4.98 Å². The molecule has 0 spiro atoms. The first-order valence-electron chi connectivity index (χ1n) is 7.20. The minimum absolute atomic E-state index is 0.168. The SMILES string of the molecule is CC1(C)OB(/C=C/c2ccc([C@@H](N)CN)cn2)OC1(C)C. The summed E-state index contributed by atoms with van der Waals surface area (Å²) in [5.41, 5.74) is 12.5. The molecule has 1 aromatic rings. The molecule has 1 aromatic heterocycles. The fourth-order valence-corrected chi connectivity index (χ4v) is 2.02. The van der Waals surface area contributed by atoms with Crippen LogP contribution in [0.15, 0.2) is 24.3 Å². The van der Waals surface area contributed by atoms with Gasteiger partial charge in [-0.2, -0.15) is 0 Å². The van der Waals surface area contributed by atoms with Crippen molar-refractivity contribution in [3.63, 3.8) is 0 Å². The molecule has 2 heterocycles. The number of aromatic nitrogens is 1. The van der Waals surface area contributed by atoms with Crippen molar-refractivity contribution in [2.45, 2.75) is 44.9 Å². The molecule has 5 nitrogen and oxygen atoms in total. The standard InChI is InChI=1S/C15H24BN3O2/c1-14(2)15(3,4)21-16(20-14)8-7-12-6-5-11(10-19-12)13(18)9-17/h5-8,10,13H,9,17-18H2,1-4H3/b8-7+/t13-/m0/s1. The monoisotopic (exact) mass is 289 g/mol. The van der Waals surface area contributed by atoms with Crippen LogP contribution in [0.5, 0.6) is 0 Å². The van der Waals surface area contributed by atoms with Gasteiger partial charge < -0.3 is 20.8 Å². The topological polar surface area (TPSA) is 83.4 Å². The van der Waals surface area contributed by atoms with E-state index in [0.717, 1.165) is 11.3 Å². The second-order valence-corrected chi connectivity index (χ2v) is 6.34. The van der Waals surface area contributed by atoms with Gasteiger partial charge in [-0.15, -0.1) is 0 Å². The Morgan fingerprint density at radius 1 is 1.24 bits per heavy atom. The molecule has 0 amide bonds. The van der Waals surface area contributed by atoms with E-state index in [9.17, 15) is 0 Å². The van der Waals surface area contributed by atoms with Gasteiger partial charge in [0.05, 0.1) is 16.9 Å². The Bertz CT molecular complexity index is 498. The molecule has 4 N–H and O–H groups in total. The molecule has 0 saturated carbocycles. The fourth-order valence-electron chi connectivity index (χ4n) is 2.02. The van der Waals surface area contributed by atoms with Gasteiger partial charge in [-0.1, -0.05) is 12.0 Å². The second kappa shape index (κ2) is 5.89. The van der Waals surface area contributed by atoms with E-state index < -0.39 is 0 Å². The predicted octanol–water partition coefficient (Wildman–Crippen LogP) is 1.68. The largest absolute Gasteiger partial charge is 0.487 e. The molecule has 21 heavy (non-hydrogen) atoms. The Morgan fingerprint density at radius 2 is 1.86 bits per heavy atom. The van der Waals surface area contributed by atoms with E-state index in [1.807, 2.05) is 51.9 Å². The quantitative estimate of drug-likeness (QED) is 0.824. The molecular weight excluding hydrogens is 265 g/mol. The smallest absolute Gasteiger partial charge is 0.400 e. The van der Waals surface area contributed by atoms with Gasteiger partial charge in [0.25, 0.3) is 0 Å². The molecule has 0 radical (unpaired) electrons. The summed E-state index contributed by atoms with van der Waals surface area (Å²) in [5.74, 6) is 1.88. The Kier molecular flexibility index (Phi) is 4.53. The van der Waals surface area contributed by atoms with Crippen molar-refractivity contribution in [3.8, 4) is 0 Å². The van der Waals surface area contributed by atoms with Crippen LogP contribution in [0.2, 0.25) is 0 Å². The number of rotatable bonds is 4. The third-order valence-corrected chi connectivity index (χ3v) is 4.19. The van der Waals surface area contributed by atoms with Crippen LogP contribution in [0.1, 0.15) is 45.0 Å². The summed E-state index contributed by atoms with van der Waals surface area (Å²) < 4.78 is 11.8. The highest BCUT2D eigenvalue weighted by molar-refractivity contribution is 6.52. The maximum atomic E-state index is 5.89. The lowest BCUT2D eigenvalue weighted by Crippen LogP contribution is -2.41. The molecule has 0 unspecified atom stereocenters. The average Bonchev–Trinajstić information content (AvgIpc) is 2.64. The van der Waals surface area contributed by atoms with Gasteiger partial charge in [0.1, 0.15) is 0 Å². The first kappa shape index (κ1) is 16.2. The third-order valence-electron chi connectivity index (χ3n) is 4.19. The number of nitrogens with zero attached hydrogens (tertiary/aromatic N) is 1. The summed E-state index contributed by atoms with van der Waals surface area (Å²) in [5, 5.41) is 0. The minimum atomic E-state index is -0.359. The van der Waals surface area contributed by atoms with E-state index in [4.69, 9.17) is 20.8 Å². The van der Waals surface area contributed by atoms with Crippen molar-refractivity contribution < 1.29 is 9.31 Å². The van der Waals surface area contributed by atoms with E-state index in [0.29, 0.717) is 6.54 Å². The Balaban J connectivity index is 2.03. The Morgan fingerprint density at radius 3 is 2.33 bits per heavy atom. The van der Waals surface area contributed by atoms with Crippen LogP contribution in [0.3, 0.4) is 0 Å². The molecular formula is C15H24BN3O2. The van der Waals surface area contributed by atoms with Crippen molar-refractivity contribution in [2.75, 3.05) is 6.54 Å². The summed E-state index contributed by atoms with van der Waals surface area (Å²) in [4.78, 5) is 4.35. The third kappa shape index (κ3) is 3.52. The van der Waals surface area contributed by atoms with Crippen LogP contribution in [-0.2, 0) is 9.31 Å². The number of hydrogen-bond acceptors (Lipinski definition) is 5. The predicted molar refractivity (Wildman–Crippen MR) is 85.3 cm³/mol. The van der Waals surface area contributed by atoms with Crippen LogP contribution in [0.4, 0.5) is 0 Å². The fraction of sp³-hybridized carbons (Fsp3) is 0.533. The van der Waals surface area contributed by atoms with Crippen molar-refractivity contribution in [2.24, 2.45) is 11.5 Å². The van der Waals surface area contributed by atoms with Crippen molar-refractivity contribution >= 4 is 13.2 Å². The highest BCUT2D eigenvalue weighted by atomic mass is 16.7. The zero-order chi connectivity index (χ0) is 15.7. The molecule has 1 fully saturated rings. The molecule has 2 rings (SSSR count). The maximum absolute atomic E-state index is 5.89. The maximum Gasteiger partial charge on any atom is 0.487 e. The van der Waals surface area contributed by atoms with Gasteiger partial charge in [0.2, 0.25) is 0 Å². The number of pyridine rings is 1. The van der Waals surface area contributed by atoms with Gasteiger partial charge in [0.15, 0.2) is 0 Å².